The highest BCUT2D eigenvalue weighted by Gasteiger charge is 2.14. The summed E-state index contributed by atoms with van der Waals surface area (Å²) in [5.41, 5.74) is 11.8. The van der Waals surface area contributed by atoms with Crippen LogP contribution in [0.5, 0.6) is 0 Å². The zero-order valence-electron chi connectivity index (χ0n) is 24.2. The van der Waals surface area contributed by atoms with Crippen LogP contribution in [0.1, 0.15) is 0 Å². The summed E-state index contributed by atoms with van der Waals surface area (Å²) in [6.07, 6.45) is 0. The van der Waals surface area contributed by atoms with Crippen molar-refractivity contribution in [1.29, 1.82) is 0 Å². The topological polar surface area (TPSA) is 8.17 Å². The molecule has 0 aliphatic rings. The third-order valence-corrected chi connectivity index (χ3v) is 8.41. The molecule has 0 saturated heterocycles. The molecular weight excluding hydrogens is 532 g/mol. The van der Waals surface area contributed by atoms with Gasteiger partial charge in [0.15, 0.2) is 0 Å². The summed E-state index contributed by atoms with van der Waals surface area (Å²) in [5, 5.41) is 2.56. The SMILES string of the molecule is c1ccc(-c2ccc(N(c3ccccc3)c3ccc(-c4ccc(-n5c6ccccc6c6ccccc65)cc4)cc3)cc2)cc1. The standard InChI is InChI=1S/C42H30N2/c1-3-11-31(12-4-1)32-19-25-36(26-20-32)43(35-13-5-2-6-14-35)37-27-21-33(22-28-37)34-23-29-38(30-24-34)44-41-17-9-7-15-39(41)40-16-8-10-18-42(40)44/h1-30H. The first-order valence-electron chi connectivity index (χ1n) is 15.0. The third-order valence-electron chi connectivity index (χ3n) is 8.41. The lowest BCUT2D eigenvalue weighted by Gasteiger charge is -2.26. The minimum absolute atomic E-state index is 1.12. The van der Waals surface area contributed by atoms with Crippen LogP contribution in [0.2, 0.25) is 0 Å². The van der Waals surface area contributed by atoms with Gasteiger partial charge in [-0.15, -0.1) is 0 Å². The summed E-state index contributed by atoms with van der Waals surface area (Å²) in [4.78, 5) is 2.31. The molecule has 8 aromatic rings. The lowest BCUT2D eigenvalue weighted by Crippen LogP contribution is -2.09. The van der Waals surface area contributed by atoms with Gasteiger partial charge < -0.3 is 9.47 Å². The lowest BCUT2D eigenvalue weighted by atomic mass is 10.0. The fourth-order valence-corrected chi connectivity index (χ4v) is 6.26. The first-order valence-corrected chi connectivity index (χ1v) is 15.0. The molecule has 0 saturated carbocycles. The van der Waals surface area contributed by atoms with Crippen molar-refractivity contribution in [3.63, 3.8) is 0 Å². The summed E-state index contributed by atoms with van der Waals surface area (Å²) in [5.74, 6) is 0. The molecule has 0 unspecified atom stereocenters. The summed E-state index contributed by atoms with van der Waals surface area (Å²) >= 11 is 0. The summed E-state index contributed by atoms with van der Waals surface area (Å²) in [6.45, 7) is 0. The molecule has 1 heterocycles. The second-order valence-electron chi connectivity index (χ2n) is 11.0. The predicted molar refractivity (Wildman–Crippen MR) is 186 cm³/mol. The zero-order chi connectivity index (χ0) is 29.3. The quantitative estimate of drug-likeness (QED) is 0.196. The van der Waals surface area contributed by atoms with Crippen molar-refractivity contribution in [2.24, 2.45) is 0 Å². The first kappa shape index (κ1) is 25.8. The molecule has 0 radical (unpaired) electrons. The van der Waals surface area contributed by atoms with Gasteiger partial charge in [-0.1, -0.05) is 121 Å². The molecule has 208 valence electrons. The highest BCUT2D eigenvalue weighted by atomic mass is 15.1. The van der Waals surface area contributed by atoms with Gasteiger partial charge in [-0.3, -0.25) is 0 Å². The Hall–Kier alpha value is -5.86. The molecule has 0 aliphatic heterocycles. The van der Waals surface area contributed by atoms with Crippen LogP contribution in [-0.4, -0.2) is 4.57 Å². The molecule has 0 bridgehead atoms. The average Bonchev–Trinajstić information content (AvgIpc) is 3.44. The van der Waals surface area contributed by atoms with Gasteiger partial charge in [-0.05, 0) is 82.9 Å². The number of rotatable bonds is 6. The fourth-order valence-electron chi connectivity index (χ4n) is 6.26. The monoisotopic (exact) mass is 562 g/mol. The minimum Gasteiger partial charge on any atom is -0.311 e. The van der Waals surface area contributed by atoms with E-state index in [9.17, 15) is 0 Å². The highest BCUT2D eigenvalue weighted by Crippen LogP contribution is 2.37. The van der Waals surface area contributed by atoms with Gasteiger partial charge in [0.05, 0.1) is 11.0 Å². The molecule has 0 N–H and O–H groups in total. The van der Waals surface area contributed by atoms with E-state index >= 15 is 0 Å². The molecule has 1 aromatic heterocycles. The summed E-state index contributed by atoms with van der Waals surface area (Å²) < 4.78 is 2.36. The number of hydrogen-bond donors (Lipinski definition) is 0. The number of nitrogens with zero attached hydrogens (tertiary/aromatic N) is 2. The van der Waals surface area contributed by atoms with Crippen molar-refractivity contribution in [2.75, 3.05) is 4.90 Å². The smallest absolute Gasteiger partial charge is 0.0541 e. The van der Waals surface area contributed by atoms with Crippen molar-refractivity contribution in [3.05, 3.63) is 182 Å². The van der Waals surface area contributed by atoms with Gasteiger partial charge in [-0.25, -0.2) is 0 Å². The van der Waals surface area contributed by atoms with Crippen LogP contribution in [-0.2, 0) is 0 Å². The van der Waals surface area contributed by atoms with E-state index in [-0.39, 0.29) is 0 Å². The van der Waals surface area contributed by atoms with E-state index in [2.05, 4.69) is 191 Å². The van der Waals surface area contributed by atoms with Crippen molar-refractivity contribution in [3.8, 4) is 27.9 Å². The number of aromatic nitrogens is 1. The molecule has 2 nitrogen and oxygen atoms in total. The molecule has 0 aliphatic carbocycles. The molecular formula is C42H30N2. The Labute approximate surface area is 257 Å². The van der Waals surface area contributed by atoms with E-state index in [0.29, 0.717) is 0 Å². The summed E-state index contributed by atoms with van der Waals surface area (Å²) in [7, 11) is 0. The van der Waals surface area contributed by atoms with E-state index in [4.69, 9.17) is 0 Å². The Morgan fingerprint density at radius 1 is 0.295 bits per heavy atom. The van der Waals surface area contributed by atoms with Gasteiger partial charge >= 0.3 is 0 Å². The second kappa shape index (κ2) is 11.1. The predicted octanol–water partition coefficient (Wildman–Crippen LogP) is 11.6. The van der Waals surface area contributed by atoms with E-state index in [0.717, 1.165) is 22.7 Å². The summed E-state index contributed by atoms with van der Waals surface area (Å²) in [6, 6.07) is 65.0. The molecule has 0 fully saturated rings. The van der Waals surface area contributed by atoms with E-state index in [1.54, 1.807) is 0 Å². The molecule has 8 rings (SSSR count). The number of para-hydroxylation sites is 3. The van der Waals surface area contributed by atoms with Gasteiger partial charge in [-0.2, -0.15) is 0 Å². The Morgan fingerprint density at radius 3 is 1.16 bits per heavy atom. The zero-order valence-corrected chi connectivity index (χ0v) is 24.2. The van der Waals surface area contributed by atoms with Crippen molar-refractivity contribution in [1.82, 2.24) is 4.57 Å². The van der Waals surface area contributed by atoms with Crippen LogP contribution >= 0.6 is 0 Å². The number of hydrogen-bond acceptors (Lipinski definition) is 1. The van der Waals surface area contributed by atoms with Crippen LogP contribution in [0.15, 0.2) is 182 Å². The van der Waals surface area contributed by atoms with Crippen LogP contribution in [0.3, 0.4) is 0 Å². The molecule has 0 spiro atoms. The van der Waals surface area contributed by atoms with Crippen molar-refractivity contribution >= 4 is 38.9 Å². The Balaban J connectivity index is 1.12. The minimum atomic E-state index is 1.12. The highest BCUT2D eigenvalue weighted by molar-refractivity contribution is 6.09. The molecule has 2 heteroatoms. The lowest BCUT2D eigenvalue weighted by molar-refractivity contribution is 1.18. The maximum absolute atomic E-state index is 2.36. The maximum atomic E-state index is 2.36. The number of anilines is 3. The molecule has 0 amide bonds. The van der Waals surface area contributed by atoms with E-state index in [1.807, 2.05) is 0 Å². The van der Waals surface area contributed by atoms with Gasteiger partial charge in [0.25, 0.3) is 0 Å². The Kier molecular flexibility index (Phi) is 6.51. The molecule has 0 atom stereocenters. The Morgan fingerprint density at radius 2 is 0.659 bits per heavy atom. The van der Waals surface area contributed by atoms with Gasteiger partial charge in [0, 0.05) is 33.5 Å². The fraction of sp³-hybridized carbons (Fsp3) is 0. The van der Waals surface area contributed by atoms with Crippen LogP contribution in [0, 0.1) is 0 Å². The third kappa shape index (κ3) is 4.63. The average molecular weight is 563 g/mol. The molecule has 44 heavy (non-hydrogen) atoms. The van der Waals surface area contributed by atoms with Gasteiger partial charge in [0.1, 0.15) is 0 Å². The maximum Gasteiger partial charge on any atom is 0.0541 e. The van der Waals surface area contributed by atoms with Crippen LogP contribution in [0.4, 0.5) is 17.1 Å². The normalized spacial score (nSPS) is 11.2. The number of benzene rings is 7. The Bertz CT molecular complexity index is 2120. The van der Waals surface area contributed by atoms with Crippen molar-refractivity contribution in [2.45, 2.75) is 0 Å². The van der Waals surface area contributed by atoms with Gasteiger partial charge in [0.2, 0.25) is 0 Å². The van der Waals surface area contributed by atoms with Crippen molar-refractivity contribution < 1.29 is 0 Å². The molecule has 7 aromatic carbocycles. The first-order chi connectivity index (χ1) is 21.8. The van der Waals surface area contributed by atoms with E-state index in [1.165, 1.54) is 44.1 Å². The van der Waals surface area contributed by atoms with Crippen LogP contribution < -0.4 is 4.90 Å². The second-order valence-corrected chi connectivity index (χ2v) is 11.0. The van der Waals surface area contributed by atoms with Crippen LogP contribution in [0.25, 0.3) is 49.7 Å². The van der Waals surface area contributed by atoms with E-state index < -0.39 is 0 Å². The number of fused-ring (bicyclic) bond motifs is 3. The largest absolute Gasteiger partial charge is 0.311 e.